The summed E-state index contributed by atoms with van der Waals surface area (Å²) in [5.41, 5.74) is 7.64. The highest BCUT2D eigenvalue weighted by atomic mass is 16.5. The van der Waals surface area contributed by atoms with Crippen molar-refractivity contribution in [1.29, 1.82) is 0 Å². The summed E-state index contributed by atoms with van der Waals surface area (Å²) in [7, 11) is 1.64. The number of hydrogen-bond donors (Lipinski definition) is 2. The van der Waals surface area contributed by atoms with Crippen molar-refractivity contribution in [2.24, 2.45) is 0 Å². The lowest BCUT2D eigenvalue weighted by Gasteiger charge is -2.38. The molecule has 2 rings (SSSR count). The summed E-state index contributed by atoms with van der Waals surface area (Å²) in [6, 6.07) is 6.14. The van der Waals surface area contributed by atoms with E-state index < -0.39 is 0 Å². The lowest BCUT2D eigenvalue weighted by Crippen LogP contribution is -2.50. The van der Waals surface area contributed by atoms with Crippen molar-refractivity contribution in [2.75, 3.05) is 50.5 Å². The van der Waals surface area contributed by atoms with Gasteiger partial charge in [-0.3, -0.25) is 4.90 Å². The number of piperazine rings is 1. The minimum absolute atomic E-state index is 0.218. The number of hydrogen-bond acceptors (Lipinski definition) is 5. The summed E-state index contributed by atoms with van der Waals surface area (Å²) < 4.78 is 5.26. The molecule has 0 saturated carbocycles. The Morgan fingerprint density at radius 1 is 1.32 bits per heavy atom. The number of nitrogen functional groups attached to an aromatic ring is 1. The zero-order valence-electron chi connectivity index (χ0n) is 11.7. The van der Waals surface area contributed by atoms with Gasteiger partial charge in [-0.1, -0.05) is 0 Å². The Hall–Kier alpha value is -1.46. The molecular formula is C14H23N3O2. The molecule has 1 aromatic carbocycles. The quantitative estimate of drug-likeness (QED) is 0.788. The Morgan fingerprint density at radius 2 is 2.00 bits per heavy atom. The van der Waals surface area contributed by atoms with E-state index in [9.17, 15) is 5.11 Å². The molecule has 0 spiro atoms. The fraction of sp³-hybridized carbons (Fsp3) is 0.571. The Kier molecular flexibility index (Phi) is 4.50. The molecule has 0 radical (unpaired) electrons. The topological polar surface area (TPSA) is 62.0 Å². The molecule has 0 aliphatic carbocycles. The maximum atomic E-state index is 9.18. The molecule has 1 aliphatic heterocycles. The van der Waals surface area contributed by atoms with Crippen LogP contribution in [0, 0.1) is 0 Å². The van der Waals surface area contributed by atoms with E-state index in [0.29, 0.717) is 5.69 Å². The van der Waals surface area contributed by atoms with Crippen molar-refractivity contribution < 1.29 is 9.84 Å². The zero-order chi connectivity index (χ0) is 13.8. The maximum absolute atomic E-state index is 9.18. The number of rotatable bonds is 4. The Bertz CT molecular complexity index is 417. The van der Waals surface area contributed by atoms with E-state index >= 15 is 0 Å². The van der Waals surface area contributed by atoms with Crippen LogP contribution in [-0.4, -0.2) is 55.9 Å². The van der Waals surface area contributed by atoms with Crippen LogP contribution in [0.5, 0.6) is 5.75 Å². The average Bonchev–Trinajstić information content (AvgIpc) is 2.47. The molecule has 1 fully saturated rings. The Balaban J connectivity index is 2.01. The van der Waals surface area contributed by atoms with Gasteiger partial charge < -0.3 is 20.5 Å². The monoisotopic (exact) mass is 265 g/mol. The molecular weight excluding hydrogens is 242 g/mol. The van der Waals surface area contributed by atoms with Gasteiger partial charge in [0.1, 0.15) is 5.75 Å². The van der Waals surface area contributed by atoms with Crippen molar-refractivity contribution >= 4 is 11.4 Å². The molecule has 1 unspecified atom stereocenters. The van der Waals surface area contributed by atoms with Crippen LogP contribution in [0.1, 0.15) is 6.92 Å². The number of anilines is 2. The van der Waals surface area contributed by atoms with Crippen molar-refractivity contribution in [1.82, 2.24) is 4.90 Å². The number of ether oxygens (including phenoxy) is 1. The molecule has 5 heteroatoms. The van der Waals surface area contributed by atoms with Gasteiger partial charge in [0, 0.05) is 44.0 Å². The van der Waals surface area contributed by atoms with Gasteiger partial charge >= 0.3 is 0 Å². The van der Waals surface area contributed by atoms with E-state index in [4.69, 9.17) is 10.5 Å². The molecule has 1 saturated heterocycles. The molecule has 5 nitrogen and oxygen atoms in total. The summed E-state index contributed by atoms with van der Waals surface area (Å²) in [6.45, 7) is 6.12. The summed E-state index contributed by atoms with van der Waals surface area (Å²) in [4.78, 5) is 4.63. The third-order valence-electron chi connectivity index (χ3n) is 3.78. The molecule has 1 aromatic rings. The number of aliphatic hydroxyl groups is 1. The minimum atomic E-state index is 0.218. The van der Waals surface area contributed by atoms with Crippen LogP contribution in [0.4, 0.5) is 11.4 Å². The van der Waals surface area contributed by atoms with Gasteiger partial charge in [-0.15, -0.1) is 0 Å². The van der Waals surface area contributed by atoms with Gasteiger partial charge in [0.15, 0.2) is 0 Å². The first-order chi connectivity index (χ1) is 9.15. The lowest BCUT2D eigenvalue weighted by atomic mass is 10.2. The minimum Gasteiger partial charge on any atom is -0.495 e. The van der Waals surface area contributed by atoms with Gasteiger partial charge in [0.2, 0.25) is 0 Å². The fourth-order valence-corrected chi connectivity index (χ4v) is 2.43. The second-order valence-corrected chi connectivity index (χ2v) is 4.98. The molecule has 0 amide bonds. The van der Waals surface area contributed by atoms with Crippen molar-refractivity contribution in [3.05, 3.63) is 18.2 Å². The van der Waals surface area contributed by atoms with Crippen molar-refractivity contribution in [3.8, 4) is 5.75 Å². The molecule has 0 aromatic heterocycles. The highest BCUT2D eigenvalue weighted by molar-refractivity contribution is 5.62. The molecule has 1 heterocycles. The van der Waals surface area contributed by atoms with E-state index in [1.807, 2.05) is 18.2 Å². The first-order valence-corrected chi connectivity index (χ1v) is 6.69. The number of aliphatic hydroxyl groups excluding tert-OH is 1. The SMILES string of the molecule is COc1cc(N2CCN(C(C)CO)CC2)ccc1N. The summed E-state index contributed by atoms with van der Waals surface area (Å²) in [6.07, 6.45) is 0. The third kappa shape index (κ3) is 3.11. The van der Waals surface area contributed by atoms with Crippen LogP contribution in [0.25, 0.3) is 0 Å². The third-order valence-corrected chi connectivity index (χ3v) is 3.78. The van der Waals surface area contributed by atoms with Crippen molar-refractivity contribution in [2.45, 2.75) is 13.0 Å². The molecule has 0 bridgehead atoms. The number of methoxy groups -OCH3 is 1. The van der Waals surface area contributed by atoms with E-state index in [0.717, 1.165) is 37.6 Å². The van der Waals surface area contributed by atoms with Crippen LogP contribution < -0.4 is 15.4 Å². The predicted molar refractivity (Wildman–Crippen MR) is 77.7 cm³/mol. The van der Waals surface area contributed by atoms with Gasteiger partial charge in [-0.25, -0.2) is 0 Å². The zero-order valence-corrected chi connectivity index (χ0v) is 11.7. The number of nitrogens with two attached hydrogens (primary N) is 1. The second kappa shape index (κ2) is 6.12. The highest BCUT2D eigenvalue weighted by Gasteiger charge is 2.21. The van der Waals surface area contributed by atoms with Crippen LogP contribution in [-0.2, 0) is 0 Å². The number of nitrogens with zero attached hydrogens (tertiary/aromatic N) is 2. The van der Waals surface area contributed by atoms with Crippen molar-refractivity contribution in [3.63, 3.8) is 0 Å². The molecule has 106 valence electrons. The first kappa shape index (κ1) is 14.0. The lowest BCUT2D eigenvalue weighted by molar-refractivity contribution is 0.128. The largest absolute Gasteiger partial charge is 0.495 e. The number of benzene rings is 1. The van der Waals surface area contributed by atoms with E-state index in [1.54, 1.807) is 7.11 Å². The van der Waals surface area contributed by atoms with E-state index in [-0.39, 0.29) is 12.6 Å². The highest BCUT2D eigenvalue weighted by Crippen LogP contribution is 2.28. The van der Waals surface area contributed by atoms with Crippen LogP contribution >= 0.6 is 0 Å². The molecule has 1 aliphatic rings. The summed E-state index contributed by atoms with van der Waals surface area (Å²) >= 11 is 0. The Morgan fingerprint density at radius 3 is 2.58 bits per heavy atom. The molecule has 3 N–H and O–H groups in total. The van der Waals surface area contributed by atoms with Gasteiger partial charge in [-0.05, 0) is 19.1 Å². The van der Waals surface area contributed by atoms with Crippen LogP contribution in [0.3, 0.4) is 0 Å². The van der Waals surface area contributed by atoms with E-state index in [2.05, 4.69) is 16.7 Å². The smallest absolute Gasteiger partial charge is 0.143 e. The molecule has 1 atom stereocenters. The van der Waals surface area contributed by atoms with Crippen LogP contribution in [0.2, 0.25) is 0 Å². The Labute approximate surface area is 114 Å². The standard InChI is InChI=1S/C14H23N3O2/c1-11(10-18)16-5-7-17(8-6-16)12-3-4-13(15)14(9-12)19-2/h3-4,9,11,18H,5-8,10,15H2,1-2H3. The average molecular weight is 265 g/mol. The predicted octanol–water partition coefficient (Wildman–Crippen LogP) is 0.780. The van der Waals surface area contributed by atoms with E-state index in [1.165, 1.54) is 0 Å². The van der Waals surface area contributed by atoms with Gasteiger partial charge in [0.25, 0.3) is 0 Å². The van der Waals surface area contributed by atoms with Gasteiger partial charge in [-0.2, -0.15) is 0 Å². The fourth-order valence-electron chi connectivity index (χ4n) is 2.43. The summed E-state index contributed by atoms with van der Waals surface area (Å²) in [5, 5.41) is 9.18. The van der Waals surface area contributed by atoms with Crippen LogP contribution in [0.15, 0.2) is 18.2 Å². The second-order valence-electron chi connectivity index (χ2n) is 4.98. The maximum Gasteiger partial charge on any atom is 0.143 e. The summed E-state index contributed by atoms with van der Waals surface area (Å²) in [5.74, 6) is 0.726. The first-order valence-electron chi connectivity index (χ1n) is 6.69. The normalized spacial score (nSPS) is 18.4. The molecule has 19 heavy (non-hydrogen) atoms. The van der Waals surface area contributed by atoms with Gasteiger partial charge in [0.05, 0.1) is 19.4 Å².